The van der Waals surface area contributed by atoms with Crippen LogP contribution in [0.25, 0.3) is 55.1 Å². The van der Waals surface area contributed by atoms with Crippen LogP contribution in [0.1, 0.15) is 40.2 Å². The molecule has 0 bridgehead atoms. The Hall–Kier alpha value is -4.93. The molecule has 7 N–H and O–H groups in total. The van der Waals surface area contributed by atoms with Crippen LogP contribution in [0, 0.1) is 27.7 Å². The Labute approximate surface area is 328 Å². The predicted octanol–water partition coefficient (Wildman–Crippen LogP) is 5.46. The Morgan fingerprint density at radius 2 is 1.33 bits per heavy atom. The maximum atomic E-state index is 12.2. The van der Waals surface area contributed by atoms with E-state index < -0.39 is 5.97 Å². The maximum Gasteiger partial charge on any atom is 0.342 e. The largest absolute Gasteiger partial charge is 0.496 e. The van der Waals surface area contributed by atoms with Gasteiger partial charge in [-0.25, -0.2) is 4.79 Å². The van der Waals surface area contributed by atoms with Gasteiger partial charge in [0.25, 0.3) is 5.56 Å². The van der Waals surface area contributed by atoms with E-state index in [1.165, 1.54) is 35.5 Å². The predicted molar refractivity (Wildman–Crippen MR) is 225 cm³/mol. The molecule has 5 aromatic heterocycles. The summed E-state index contributed by atoms with van der Waals surface area (Å²) in [5, 5.41) is 9.79. The number of benzene rings is 2. The van der Waals surface area contributed by atoms with Crippen LogP contribution in [0.4, 0.5) is 11.8 Å². The summed E-state index contributed by atoms with van der Waals surface area (Å²) in [7, 11) is 8.79. The molecule has 0 amide bonds. The van der Waals surface area contributed by atoms with Crippen molar-refractivity contribution in [3.63, 3.8) is 0 Å². The number of aromatic amines is 3. The Balaban J connectivity index is 0.000000181. The number of methoxy groups -OCH3 is 2. The SMILES string of the molecule is CCOC(=O)c1c(N)[nH]c2cc(-c3c(C)noc3C)c(OC)cc12.COc1cc2c(cc1-c1c(C)noc1C)[nH]c1nc(N)[nH]c(=O)c12.S=S=S=S=S=S. The minimum atomic E-state index is -0.464. The lowest BCUT2D eigenvalue weighted by Gasteiger charge is -2.09. The smallest absolute Gasteiger partial charge is 0.342 e. The minimum absolute atomic E-state index is 0.0666. The third-order valence-electron chi connectivity index (χ3n) is 8.12. The highest BCUT2D eigenvalue weighted by Gasteiger charge is 2.23. The van der Waals surface area contributed by atoms with Gasteiger partial charge in [0.15, 0.2) is 0 Å². The molecule has 0 spiro atoms. The lowest BCUT2D eigenvalue weighted by Crippen LogP contribution is -2.10. The van der Waals surface area contributed by atoms with Crippen molar-refractivity contribution in [2.75, 3.05) is 32.3 Å². The zero-order valence-corrected chi connectivity index (χ0v) is 34.7. The Bertz CT molecular complexity index is 2720. The van der Waals surface area contributed by atoms with Gasteiger partial charge in [-0.2, -0.15) is 4.98 Å². The van der Waals surface area contributed by atoms with Crippen molar-refractivity contribution < 1.29 is 28.1 Å². The number of carbonyl (C=O) groups is 1. The highest BCUT2D eigenvalue weighted by molar-refractivity contribution is 8.64. The zero-order valence-electron chi connectivity index (χ0n) is 29.8. The van der Waals surface area contributed by atoms with Crippen molar-refractivity contribution in [2.45, 2.75) is 34.6 Å². The molecule has 54 heavy (non-hydrogen) atoms. The normalized spacial score (nSPS) is 10.6. The molecule has 7 aromatic rings. The van der Waals surface area contributed by atoms with Gasteiger partial charge >= 0.3 is 5.97 Å². The number of aromatic nitrogens is 6. The quantitative estimate of drug-likeness (QED) is 0.131. The Morgan fingerprint density at radius 1 is 0.815 bits per heavy atom. The van der Waals surface area contributed by atoms with Crippen LogP contribution in [0.5, 0.6) is 11.5 Å². The molecule has 0 radical (unpaired) electrons. The molecule has 0 aliphatic heterocycles. The zero-order chi connectivity index (χ0) is 39.3. The Kier molecular flexibility index (Phi) is 13.0. The lowest BCUT2D eigenvalue weighted by molar-refractivity contribution is 0.0530. The van der Waals surface area contributed by atoms with Gasteiger partial charge in [0.05, 0.1) is 48.7 Å². The Morgan fingerprint density at radius 3 is 1.80 bits per heavy atom. The molecule has 15 nitrogen and oxygen atoms in total. The molecule has 7 rings (SSSR count). The third-order valence-corrected chi connectivity index (χ3v) is 14.8. The van der Waals surface area contributed by atoms with E-state index in [4.69, 9.17) is 34.7 Å². The van der Waals surface area contributed by atoms with Crippen molar-refractivity contribution in [1.82, 2.24) is 30.2 Å². The molecule has 5 heterocycles. The summed E-state index contributed by atoms with van der Waals surface area (Å²) in [4.78, 5) is 37.2. The number of anilines is 2. The van der Waals surface area contributed by atoms with E-state index in [2.05, 4.69) is 52.6 Å². The lowest BCUT2D eigenvalue weighted by atomic mass is 10.0. The number of nitrogens with one attached hydrogen (secondary N) is 3. The van der Waals surface area contributed by atoms with Crippen molar-refractivity contribution in [3.8, 4) is 33.8 Å². The van der Waals surface area contributed by atoms with E-state index in [0.717, 1.165) is 39.2 Å². The van der Waals surface area contributed by atoms with Gasteiger partial charge in [0.1, 0.15) is 40.0 Å². The van der Waals surface area contributed by atoms with Crippen LogP contribution in [-0.4, -0.2) is 57.0 Å². The number of carbonyl (C=O) groups excluding carboxylic acids is 1. The molecule has 0 saturated heterocycles. The van der Waals surface area contributed by atoms with Crippen LogP contribution < -0.4 is 26.5 Å². The van der Waals surface area contributed by atoms with Crippen LogP contribution in [-0.2, 0) is 62.6 Å². The maximum absolute atomic E-state index is 12.2. The number of hydrogen-bond donors (Lipinski definition) is 5. The number of esters is 1. The molecule has 0 aliphatic rings. The first kappa shape index (κ1) is 40.3. The first-order chi connectivity index (χ1) is 25.9. The number of nitrogens with zero attached hydrogens (tertiary/aromatic N) is 3. The van der Waals surface area contributed by atoms with Crippen molar-refractivity contribution in [2.24, 2.45) is 0 Å². The summed E-state index contributed by atoms with van der Waals surface area (Å²) in [5.41, 5.74) is 18.4. The van der Waals surface area contributed by atoms with Gasteiger partial charge in [0, 0.05) is 90.8 Å². The molecular weight excluding hydrogens is 813 g/mol. The summed E-state index contributed by atoms with van der Waals surface area (Å²) < 4.78 is 26.6. The van der Waals surface area contributed by atoms with Gasteiger partial charge in [0.2, 0.25) is 5.95 Å². The number of hydrogen-bond acceptors (Lipinski definition) is 14. The molecule has 0 saturated carbocycles. The van der Waals surface area contributed by atoms with E-state index >= 15 is 0 Å². The second-order valence-electron chi connectivity index (χ2n) is 11.3. The number of ether oxygens (including phenoxy) is 3. The number of H-pyrrole nitrogens is 3. The topological polar surface area (TPSA) is 226 Å². The average Bonchev–Trinajstić information content (AvgIpc) is 3.87. The number of aryl methyl sites for hydroxylation is 4. The van der Waals surface area contributed by atoms with Crippen LogP contribution in [0.2, 0.25) is 0 Å². The monoisotopic (exact) mass is 846 g/mol. The number of nitrogens with two attached hydrogens (primary N) is 2. The third kappa shape index (κ3) is 8.10. The summed E-state index contributed by atoms with van der Waals surface area (Å²) in [6.45, 7) is 9.44. The molecule has 0 atom stereocenters. The van der Waals surface area contributed by atoms with E-state index in [1.807, 2.05) is 45.9 Å². The number of nitrogen functional groups attached to an aromatic ring is 2. The fourth-order valence-electron chi connectivity index (χ4n) is 6.00. The van der Waals surface area contributed by atoms with E-state index in [9.17, 15) is 9.59 Å². The fourth-order valence-corrected chi connectivity index (χ4v) is 11.5. The second-order valence-corrected chi connectivity index (χ2v) is 18.4. The molecule has 0 aliphatic carbocycles. The second kappa shape index (κ2) is 17.5. The first-order valence-corrected chi connectivity index (χ1v) is 22.4. The molecule has 0 unspecified atom stereocenters. The molecule has 21 heteroatoms. The van der Waals surface area contributed by atoms with Gasteiger partial charge in [-0.1, -0.05) is 10.3 Å². The highest BCUT2D eigenvalue weighted by atomic mass is 33.3. The van der Waals surface area contributed by atoms with Crippen LogP contribution >= 0.6 is 0 Å². The molecular formula is C33H34N8O7S6. The number of rotatable bonds is 6. The first-order valence-electron chi connectivity index (χ1n) is 15.7. The molecule has 284 valence electrons. The fraction of sp³-hybridized carbons (Fsp3) is 0.242. The standard InChI is InChI=1S/C17H19N3O4.C16H15N5O3.S6/c1-5-23-17(21)15-10-7-13(22-4)11(6-12(10)19-16(15)18)14-8(2)20-24-9(14)3;1-6-12(7(2)24-21-6)9-4-10-8(5-11(9)23-3)13-14(18-10)19-16(17)20-15(13)22;1-3-5-6-4-2/h6-7,19H,5,18H2,1-4H3;4-5H,1-3H3,(H4,17,18,19,20,22);. The average molecular weight is 847 g/mol. The van der Waals surface area contributed by atoms with Crippen molar-refractivity contribution in [1.29, 1.82) is 0 Å². The van der Waals surface area contributed by atoms with E-state index in [-0.39, 0.29) is 23.9 Å². The number of fused-ring (bicyclic) bond motifs is 4. The molecule has 0 fully saturated rings. The summed E-state index contributed by atoms with van der Waals surface area (Å²) in [5.74, 6) is 2.47. The van der Waals surface area contributed by atoms with Crippen LogP contribution in [0.3, 0.4) is 0 Å². The summed E-state index contributed by atoms with van der Waals surface area (Å²) >= 11 is 9.03. The van der Waals surface area contributed by atoms with Gasteiger partial charge in [-0.05, 0) is 58.9 Å². The highest BCUT2D eigenvalue weighted by Crippen LogP contribution is 2.40. The summed E-state index contributed by atoms with van der Waals surface area (Å²) in [6.07, 6.45) is 0. The summed E-state index contributed by atoms with van der Waals surface area (Å²) in [6, 6.07) is 7.36. The van der Waals surface area contributed by atoms with Gasteiger partial charge in [-0.3, -0.25) is 9.78 Å². The van der Waals surface area contributed by atoms with E-state index in [0.29, 0.717) is 55.9 Å². The minimum Gasteiger partial charge on any atom is -0.496 e. The molecule has 2 aromatic carbocycles. The van der Waals surface area contributed by atoms with Gasteiger partial charge < -0.3 is 44.7 Å². The van der Waals surface area contributed by atoms with Gasteiger partial charge in [-0.15, -0.1) is 0 Å². The van der Waals surface area contributed by atoms with E-state index in [1.54, 1.807) is 27.2 Å². The van der Waals surface area contributed by atoms with Crippen molar-refractivity contribution >= 4 is 108 Å². The van der Waals surface area contributed by atoms with Crippen molar-refractivity contribution in [3.05, 3.63) is 63.1 Å². The van der Waals surface area contributed by atoms with Crippen LogP contribution in [0.15, 0.2) is 38.1 Å².